The van der Waals surface area contributed by atoms with Crippen molar-refractivity contribution in [3.8, 4) is 5.75 Å². The summed E-state index contributed by atoms with van der Waals surface area (Å²) < 4.78 is 34.3. The van der Waals surface area contributed by atoms with Crippen molar-refractivity contribution in [1.29, 1.82) is 0 Å². The van der Waals surface area contributed by atoms with Crippen LogP contribution in [-0.2, 0) is 14.8 Å². The Morgan fingerprint density at radius 2 is 1.79 bits per heavy atom. The number of thiazole rings is 1. The van der Waals surface area contributed by atoms with Crippen LogP contribution in [0.5, 0.6) is 5.75 Å². The summed E-state index contributed by atoms with van der Waals surface area (Å²) in [5.74, 6) is 0.710. The maximum absolute atomic E-state index is 13.4. The fourth-order valence-electron chi connectivity index (χ4n) is 4.60. The maximum Gasteiger partial charge on any atom is 0.243 e. The number of methoxy groups -OCH3 is 1. The molecule has 2 fully saturated rings. The van der Waals surface area contributed by atoms with Crippen LogP contribution >= 0.6 is 11.3 Å². The summed E-state index contributed by atoms with van der Waals surface area (Å²) in [5.41, 5.74) is 1.93. The van der Waals surface area contributed by atoms with E-state index in [1.807, 2.05) is 25.1 Å². The lowest BCUT2D eigenvalue weighted by Gasteiger charge is -2.37. The van der Waals surface area contributed by atoms with E-state index >= 15 is 0 Å². The molecule has 180 valence electrons. The van der Waals surface area contributed by atoms with E-state index in [1.54, 1.807) is 47.6 Å². The zero-order valence-electron chi connectivity index (χ0n) is 19.3. The number of nitrogens with zero attached hydrogens (tertiary/aromatic N) is 4. The van der Waals surface area contributed by atoms with Crippen molar-refractivity contribution in [3.05, 3.63) is 48.0 Å². The van der Waals surface area contributed by atoms with Crippen LogP contribution < -0.4 is 9.64 Å². The number of aryl methyl sites for hydroxylation is 1. The van der Waals surface area contributed by atoms with Gasteiger partial charge in [-0.15, -0.1) is 0 Å². The Hall–Kier alpha value is -2.69. The standard InChI is InChI=1S/C24H28N4O4S2/c1-17-5-8-19(9-6-17)34(30,31)28-11-3-4-21(28)23(29)26-12-14-27(15-13-26)24-25-20-10-7-18(32-2)16-22(20)33-24/h5-10,16,21H,3-4,11-15H2,1-2H3/t21-/m1/s1. The topological polar surface area (TPSA) is 83.1 Å². The van der Waals surface area contributed by atoms with Crippen LogP contribution in [0.1, 0.15) is 18.4 Å². The summed E-state index contributed by atoms with van der Waals surface area (Å²) in [6.07, 6.45) is 1.25. The highest BCUT2D eigenvalue weighted by Gasteiger charge is 2.41. The van der Waals surface area contributed by atoms with Gasteiger partial charge < -0.3 is 14.5 Å². The highest BCUT2D eigenvalue weighted by atomic mass is 32.2. The molecule has 0 bridgehead atoms. The van der Waals surface area contributed by atoms with Gasteiger partial charge in [0, 0.05) is 32.7 Å². The van der Waals surface area contributed by atoms with Crippen molar-refractivity contribution in [2.75, 3.05) is 44.7 Å². The number of aromatic nitrogens is 1. The summed E-state index contributed by atoms with van der Waals surface area (Å²) in [6.45, 7) is 4.73. The first kappa shape index (κ1) is 23.1. The van der Waals surface area contributed by atoms with Gasteiger partial charge in [0.2, 0.25) is 15.9 Å². The van der Waals surface area contributed by atoms with E-state index in [0.717, 1.165) is 26.7 Å². The number of rotatable bonds is 5. The minimum absolute atomic E-state index is 0.0955. The summed E-state index contributed by atoms with van der Waals surface area (Å²) in [4.78, 5) is 22.4. The monoisotopic (exact) mass is 500 g/mol. The molecule has 34 heavy (non-hydrogen) atoms. The molecule has 0 aliphatic carbocycles. The van der Waals surface area contributed by atoms with Gasteiger partial charge >= 0.3 is 0 Å². The molecule has 0 saturated carbocycles. The Labute approximate surface area is 203 Å². The minimum atomic E-state index is -3.71. The lowest BCUT2D eigenvalue weighted by atomic mass is 10.2. The van der Waals surface area contributed by atoms with Gasteiger partial charge in [-0.3, -0.25) is 4.79 Å². The number of benzene rings is 2. The molecule has 0 N–H and O–H groups in total. The van der Waals surface area contributed by atoms with Crippen molar-refractivity contribution in [2.24, 2.45) is 0 Å². The molecule has 2 aromatic carbocycles. The Kier molecular flexibility index (Phi) is 6.22. The first-order valence-electron chi connectivity index (χ1n) is 11.4. The molecule has 1 amide bonds. The molecule has 10 heteroatoms. The van der Waals surface area contributed by atoms with Crippen LogP contribution in [0.25, 0.3) is 10.2 Å². The van der Waals surface area contributed by atoms with E-state index < -0.39 is 16.1 Å². The van der Waals surface area contributed by atoms with Crippen LogP contribution in [0.15, 0.2) is 47.4 Å². The lowest BCUT2D eigenvalue weighted by Crippen LogP contribution is -2.54. The number of carbonyl (C=O) groups excluding carboxylic acids is 1. The minimum Gasteiger partial charge on any atom is -0.497 e. The Morgan fingerprint density at radius 1 is 1.06 bits per heavy atom. The third kappa shape index (κ3) is 4.25. The quantitative estimate of drug-likeness (QED) is 0.535. The van der Waals surface area contributed by atoms with E-state index in [1.165, 1.54) is 4.31 Å². The van der Waals surface area contributed by atoms with Crippen molar-refractivity contribution < 1.29 is 17.9 Å². The van der Waals surface area contributed by atoms with E-state index in [0.29, 0.717) is 45.6 Å². The molecular formula is C24H28N4O4S2. The Bertz CT molecular complexity index is 1300. The van der Waals surface area contributed by atoms with E-state index in [9.17, 15) is 13.2 Å². The molecule has 1 aromatic heterocycles. The van der Waals surface area contributed by atoms with Gasteiger partial charge in [0.1, 0.15) is 11.8 Å². The van der Waals surface area contributed by atoms with Gasteiger partial charge in [-0.25, -0.2) is 13.4 Å². The molecule has 2 saturated heterocycles. The SMILES string of the molecule is COc1ccc2nc(N3CCN(C(=O)[C@H]4CCCN4S(=O)(=O)c4ccc(C)cc4)CC3)sc2c1. The van der Waals surface area contributed by atoms with E-state index in [-0.39, 0.29) is 10.8 Å². The second-order valence-corrected chi connectivity index (χ2v) is 11.6. The predicted molar refractivity (Wildman–Crippen MR) is 133 cm³/mol. The largest absolute Gasteiger partial charge is 0.497 e. The number of sulfonamides is 1. The smallest absolute Gasteiger partial charge is 0.243 e. The number of ether oxygens (including phenoxy) is 1. The van der Waals surface area contributed by atoms with Crippen molar-refractivity contribution in [2.45, 2.75) is 30.7 Å². The lowest BCUT2D eigenvalue weighted by molar-refractivity contribution is -0.134. The molecule has 1 atom stereocenters. The van der Waals surface area contributed by atoms with Crippen LogP contribution in [0, 0.1) is 6.92 Å². The molecule has 5 rings (SSSR count). The highest BCUT2D eigenvalue weighted by Crippen LogP contribution is 2.32. The average Bonchev–Trinajstić information content (AvgIpc) is 3.51. The van der Waals surface area contributed by atoms with Crippen molar-refractivity contribution in [1.82, 2.24) is 14.2 Å². The van der Waals surface area contributed by atoms with Gasteiger partial charge in [-0.05, 0) is 50.1 Å². The first-order valence-corrected chi connectivity index (χ1v) is 13.7. The molecule has 3 heterocycles. The van der Waals surface area contributed by atoms with E-state index in [4.69, 9.17) is 9.72 Å². The van der Waals surface area contributed by atoms with Gasteiger partial charge in [0.05, 0.1) is 22.2 Å². The fourth-order valence-corrected chi connectivity index (χ4v) is 7.30. The Morgan fingerprint density at radius 3 is 2.50 bits per heavy atom. The van der Waals surface area contributed by atoms with Crippen LogP contribution in [0.4, 0.5) is 5.13 Å². The van der Waals surface area contributed by atoms with Gasteiger partial charge in [-0.1, -0.05) is 29.0 Å². The summed E-state index contributed by atoms with van der Waals surface area (Å²) in [6, 6.07) is 12.0. The number of hydrogen-bond donors (Lipinski definition) is 0. The summed E-state index contributed by atoms with van der Waals surface area (Å²) in [5, 5.41) is 0.930. The van der Waals surface area contributed by atoms with Crippen molar-refractivity contribution in [3.63, 3.8) is 0 Å². The molecular weight excluding hydrogens is 472 g/mol. The number of anilines is 1. The highest BCUT2D eigenvalue weighted by molar-refractivity contribution is 7.89. The van der Waals surface area contributed by atoms with Crippen LogP contribution in [-0.4, -0.2) is 74.4 Å². The van der Waals surface area contributed by atoms with Gasteiger partial charge in [0.15, 0.2) is 5.13 Å². The zero-order valence-corrected chi connectivity index (χ0v) is 20.9. The molecule has 0 radical (unpaired) electrons. The molecule has 3 aromatic rings. The first-order chi connectivity index (χ1) is 16.4. The average molecular weight is 501 g/mol. The zero-order chi connectivity index (χ0) is 23.9. The molecule has 2 aliphatic rings. The molecule has 0 unspecified atom stereocenters. The Balaban J connectivity index is 1.26. The third-order valence-corrected chi connectivity index (χ3v) is 9.56. The maximum atomic E-state index is 13.4. The van der Waals surface area contributed by atoms with Crippen molar-refractivity contribution >= 4 is 42.6 Å². The number of carbonyl (C=O) groups is 1. The summed E-state index contributed by atoms with van der Waals surface area (Å²) >= 11 is 1.61. The number of piperazine rings is 1. The van der Waals surface area contributed by atoms with Gasteiger partial charge in [-0.2, -0.15) is 4.31 Å². The third-order valence-electron chi connectivity index (χ3n) is 6.56. The normalized spacial score (nSPS) is 19.6. The number of amides is 1. The second kappa shape index (κ2) is 9.16. The van der Waals surface area contributed by atoms with Crippen LogP contribution in [0.2, 0.25) is 0 Å². The molecule has 8 nitrogen and oxygen atoms in total. The predicted octanol–water partition coefficient (Wildman–Crippen LogP) is 3.12. The van der Waals surface area contributed by atoms with Crippen LogP contribution in [0.3, 0.4) is 0 Å². The molecule has 0 spiro atoms. The number of fused-ring (bicyclic) bond motifs is 1. The van der Waals surface area contributed by atoms with E-state index in [2.05, 4.69) is 4.90 Å². The van der Waals surface area contributed by atoms with Gasteiger partial charge in [0.25, 0.3) is 0 Å². The fraction of sp³-hybridized carbons (Fsp3) is 0.417. The second-order valence-electron chi connectivity index (χ2n) is 8.73. The number of hydrogen-bond acceptors (Lipinski definition) is 7. The summed E-state index contributed by atoms with van der Waals surface area (Å²) in [7, 11) is -2.06. The molecule has 2 aliphatic heterocycles.